The highest BCUT2D eigenvalue weighted by Crippen LogP contribution is 2.13. The lowest BCUT2D eigenvalue weighted by Crippen LogP contribution is -2.14. The third kappa shape index (κ3) is 3.42. The number of halogens is 1. The van der Waals surface area contributed by atoms with Crippen molar-refractivity contribution in [3.8, 4) is 5.69 Å². The van der Waals surface area contributed by atoms with E-state index in [2.05, 4.69) is 4.98 Å². The molecule has 0 N–H and O–H groups in total. The molecule has 0 aliphatic carbocycles. The Morgan fingerprint density at radius 3 is 2.75 bits per heavy atom. The van der Waals surface area contributed by atoms with Crippen LogP contribution in [0.3, 0.4) is 0 Å². The molecule has 0 atom stereocenters. The van der Waals surface area contributed by atoms with E-state index in [1.165, 1.54) is 24.7 Å². The van der Waals surface area contributed by atoms with Crippen LogP contribution in [0.2, 0.25) is 0 Å². The Kier molecular flexibility index (Phi) is 4.84. The monoisotopic (exact) mass is 278 g/mol. The molecule has 106 valence electrons. The number of benzene rings is 1. The Hall–Kier alpha value is -2.21. The predicted molar refractivity (Wildman–Crippen MR) is 70.3 cm³/mol. The van der Waals surface area contributed by atoms with Crippen LogP contribution in [0, 0.1) is 5.82 Å². The number of rotatable bonds is 6. The van der Waals surface area contributed by atoms with E-state index in [-0.39, 0.29) is 18.1 Å². The average molecular weight is 278 g/mol. The quantitative estimate of drug-likeness (QED) is 0.600. The van der Waals surface area contributed by atoms with Crippen LogP contribution >= 0.6 is 0 Å². The number of hydrogen-bond acceptors (Lipinski definition) is 4. The van der Waals surface area contributed by atoms with E-state index in [0.29, 0.717) is 18.9 Å². The Bertz CT molecular complexity index is 566. The lowest BCUT2D eigenvalue weighted by molar-refractivity contribution is 0.0327. The molecule has 5 nitrogen and oxygen atoms in total. The second-order valence-corrected chi connectivity index (χ2v) is 3.96. The van der Waals surface area contributed by atoms with Gasteiger partial charge in [0.05, 0.1) is 19.1 Å². The van der Waals surface area contributed by atoms with Crippen molar-refractivity contribution in [1.29, 1.82) is 0 Å². The summed E-state index contributed by atoms with van der Waals surface area (Å²) in [6.45, 7) is 2.98. The maximum Gasteiger partial charge on any atom is 0.357 e. The molecule has 1 aromatic heterocycles. The molecule has 6 heteroatoms. The number of nitrogens with zero attached hydrogens (tertiary/aromatic N) is 2. The molecule has 0 saturated carbocycles. The summed E-state index contributed by atoms with van der Waals surface area (Å²) < 4.78 is 24.6. The van der Waals surface area contributed by atoms with Crippen molar-refractivity contribution in [2.24, 2.45) is 0 Å². The van der Waals surface area contributed by atoms with E-state index in [0.717, 1.165) is 0 Å². The first-order valence-corrected chi connectivity index (χ1v) is 6.25. The van der Waals surface area contributed by atoms with Gasteiger partial charge in [-0.3, -0.25) is 4.57 Å². The van der Waals surface area contributed by atoms with Crippen LogP contribution in [-0.2, 0) is 9.47 Å². The molecule has 0 saturated heterocycles. The van der Waals surface area contributed by atoms with Gasteiger partial charge in [0, 0.05) is 12.3 Å². The minimum absolute atomic E-state index is 0.182. The lowest BCUT2D eigenvalue weighted by atomic mass is 10.3. The van der Waals surface area contributed by atoms with E-state index in [9.17, 15) is 9.18 Å². The van der Waals surface area contributed by atoms with Gasteiger partial charge in [-0.15, -0.1) is 0 Å². The molecule has 0 bridgehead atoms. The molecule has 1 heterocycles. The number of aromatic nitrogens is 2. The average Bonchev–Trinajstić information content (AvgIpc) is 2.93. The molecule has 0 amide bonds. The minimum Gasteiger partial charge on any atom is -0.459 e. The van der Waals surface area contributed by atoms with Crippen molar-refractivity contribution >= 4 is 5.97 Å². The lowest BCUT2D eigenvalue weighted by Gasteiger charge is -2.08. The van der Waals surface area contributed by atoms with Crippen LogP contribution in [0.25, 0.3) is 5.69 Å². The van der Waals surface area contributed by atoms with Crippen molar-refractivity contribution in [3.63, 3.8) is 0 Å². The number of carbonyl (C=O) groups excluding carboxylic acids is 1. The van der Waals surface area contributed by atoms with Gasteiger partial charge in [-0.2, -0.15) is 0 Å². The summed E-state index contributed by atoms with van der Waals surface area (Å²) in [4.78, 5) is 15.8. The van der Waals surface area contributed by atoms with Crippen LogP contribution in [0.1, 0.15) is 17.4 Å². The van der Waals surface area contributed by atoms with Crippen molar-refractivity contribution in [1.82, 2.24) is 9.55 Å². The highest BCUT2D eigenvalue weighted by molar-refractivity contribution is 5.88. The summed E-state index contributed by atoms with van der Waals surface area (Å²) in [6.07, 6.45) is 2.89. The van der Waals surface area contributed by atoms with E-state index in [4.69, 9.17) is 9.47 Å². The van der Waals surface area contributed by atoms with Crippen molar-refractivity contribution in [2.75, 3.05) is 19.8 Å². The first-order chi connectivity index (χ1) is 9.72. The first-order valence-electron chi connectivity index (χ1n) is 6.25. The van der Waals surface area contributed by atoms with E-state index < -0.39 is 5.97 Å². The fourth-order valence-corrected chi connectivity index (χ4v) is 1.67. The molecule has 1 aromatic carbocycles. The zero-order chi connectivity index (χ0) is 14.4. The number of hydrogen-bond donors (Lipinski definition) is 0. The number of ether oxygens (including phenoxy) is 2. The summed E-state index contributed by atoms with van der Waals surface area (Å²) in [7, 11) is 0. The highest BCUT2D eigenvalue weighted by Gasteiger charge is 2.14. The SMILES string of the molecule is CCOCCOC(=O)c1cncn1-c1ccc(F)cc1. The second-order valence-electron chi connectivity index (χ2n) is 3.96. The smallest absolute Gasteiger partial charge is 0.357 e. The van der Waals surface area contributed by atoms with Gasteiger partial charge in [0.1, 0.15) is 12.4 Å². The van der Waals surface area contributed by atoms with Gasteiger partial charge < -0.3 is 9.47 Å². The van der Waals surface area contributed by atoms with Gasteiger partial charge in [-0.05, 0) is 31.2 Å². The number of esters is 1. The normalized spacial score (nSPS) is 10.5. The third-order valence-electron chi connectivity index (χ3n) is 2.62. The maximum atomic E-state index is 12.9. The van der Waals surface area contributed by atoms with Crippen LogP contribution < -0.4 is 0 Å². The molecule has 20 heavy (non-hydrogen) atoms. The standard InChI is InChI=1S/C14H15FN2O3/c1-2-19-7-8-20-14(18)13-9-16-10-17(13)12-5-3-11(15)4-6-12/h3-6,9-10H,2,7-8H2,1H3. The largest absolute Gasteiger partial charge is 0.459 e. The first kappa shape index (κ1) is 14.2. The number of carbonyl (C=O) groups is 1. The highest BCUT2D eigenvalue weighted by atomic mass is 19.1. The van der Waals surface area contributed by atoms with Crippen LogP contribution in [0.15, 0.2) is 36.8 Å². The molecule has 0 aliphatic heterocycles. The van der Waals surface area contributed by atoms with Crippen LogP contribution in [0.5, 0.6) is 0 Å². The Labute approximate surface area is 116 Å². The summed E-state index contributed by atoms with van der Waals surface area (Å²) in [5.41, 5.74) is 0.925. The minimum atomic E-state index is -0.494. The maximum absolute atomic E-state index is 12.9. The van der Waals surface area contributed by atoms with E-state index in [1.807, 2.05) is 6.92 Å². The second kappa shape index (κ2) is 6.81. The topological polar surface area (TPSA) is 53.4 Å². The summed E-state index contributed by atoms with van der Waals surface area (Å²) in [5.74, 6) is -0.832. The van der Waals surface area contributed by atoms with E-state index in [1.54, 1.807) is 16.7 Å². The predicted octanol–water partition coefficient (Wildman–Crippen LogP) is 2.20. The molecule has 0 unspecified atom stereocenters. The third-order valence-corrected chi connectivity index (χ3v) is 2.62. The van der Waals surface area contributed by atoms with Crippen molar-refractivity contribution in [3.05, 3.63) is 48.3 Å². The summed E-state index contributed by atoms with van der Waals surface area (Å²) >= 11 is 0. The molecule has 2 rings (SSSR count). The van der Waals surface area contributed by atoms with Crippen molar-refractivity contribution in [2.45, 2.75) is 6.92 Å². The zero-order valence-electron chi connectivity index (χ0n) is 11.1. The van der Waals surface area contributed by atoms with Crippen LogP contribution in [-0.4, -0.2) is 35.3 Å². The van der Waals surface area contributed by atoms with Gasteiger partial charge in [0.25, 0.3) is 0 Å². The fraction of sp³-hybridized carbons (Fsp3) is 0.286. The van der Waals surface area contributed by atoms with Gasteiger partial charge in [-0.1, -0.05) is 0 Å². The molecular formula is C14H15FN2O3. The van der Waals surface area contributed by atoms with Gasteiger partial charge in [-0.25, -0.2) is 14.2 Å². The van der Waals surface area contributed by atoms with Crippen molar-refractivity contribution < 1.29 is 18.7 Å². The molecule has 0 radical (unpaired) electrons. The molecular weight excluding hydrogens is 263 g/mol. The molecule has 2 aromatic rings. The Morgan fingerprint density at radius 2 is 2.05 bits per heavy atom. The fourth-order valence-electron chi connectivity index (χ4n) is 1.67. The Morgan fingerprint density at radius 1 is 1.30 bits per heavy atom. The number of imidazole rings is 1. The zero-order valence-corrected chi connectivity index (χ0v) is 11.1. The molecule has 0 aliphatic rings. The van der Waals surface area contributed by atoms with Gasteiger partial charge >= 0.3 is 5.97 Å². The summed E-state index contributed by atoms with van der Waals surface area (Å²) in [6, 6.07) is 5.76. The summed E-state index contributed by atoms with van der Waals surface area (Å²) in [5, 5.41) is 0. The van der Waals surface area contributed by atoms with Crippen LogP contribution in [0.4, 0.5) is 4.39 Å². The van der Waals surface area contributed by atoms with Gasteiger partial charge in [0.15, 0.2) is 5.69 Å². The van der Waals surface area contributed by atoms with E-state index >= 15 is 0 Å². The molecule has 0 fully saturated rings. The molecule has 0 spiro atoms. The van der Waals surface area contributed by atoms with Gasteiger partial charge in [0.2, 0.25) is 0 Å². The Balaban J connectivity index is 2.08.